The number of aromatic carboxylic acids is 1. The topological polar surface area (TPSA) is 54.4 Å². The van der Waals surface area contributed by atoms with Gasteiger partial charge in [-0.1, -0.05) is 66.7 Å². The second kappa shape index (κ2) is 6.42. The Morgan fingerprint density at radius 3 is 1.75 bits per heavy atom. The molecule has 0 atom stereocenters. The van der Waals surface area contributed by atoms with Gasteiger partial charge in [0.05, 0.1) is 0 Å². The summed E-state index contributed by atoms with van der Waals surface area (Å²) in [5, 5.41) is 10.4. The van der Waals surface area contributed by atoms with Crippen LogP contribution in [0.25, 0.3) is 0 Å². The van der Waals surface area contributed by atoms with Crippen LogP contribution in [0.1, 0.15) is 10.4 Å². The van der Waals surface area contributed by atoms with Crippen LogP contribution in [0.5, 0.6) is 0 Å². The lowest BCUT2D eigenvalue weighted by Gasteiger charge is -2.21. The zero-order valence-corrected chi connectivity index (χ0v) is 13.5. The summed E-state index contributed by atoms with van der Waals surface area (Å²) in [5.74, 6) is -2.33. The van der Waals surface area contributed by atoms with Crippen LogP contribution in [-0.4, -0.2) is 11.1 Å². The quantitative estimate of drug-likeness (QED) is 0.742. The first-order chi connectivity index (χ1) is 11.5. The van der Waals surface area contributed by atoms with Gasteiger partial charge in [-0.3, -0.25) is 0 Å². The number of rotatable bonds is 4. The van der Waals surface area contributed by atoms with Gasteiger partial charge in [-0.2, -0.15) is 0 Å². The first-order valence-corrected chi connectivity index (χ1v) is 8.99. The van der Waals surface area contributed by atoms with Crippen molar-refractivity contribution in [2.24, 2.45) is 0 Å². The molecule has 0 aliphatic rings. The van der Waals surface area contributed by atoms with Crippen molar-refractivity contribution in [3.8, 4) is 0 Å². The van der Waals surface area contributed by atoms with Crippen molar-refractivity contribution >= 4 is 29.0 Å². The fourth-order valence-corrected chi connectivity index (χ4v) is 5.54. The molecule has 3 nitrogen and oxygen atoms in total. The normalized spacial score (nSPS) is 11.2. The van der Waals surface area contributed by atoms with Gasteiger partial charge in [-0.25, -0.2) is 9.18 Å². The SMILES string of the molecule is O=C(O)c1c(F)cccc1P(=O)(c1ccccc1)c1ccccc1. The summed E-state index contributed by atoms with van der Waals surface area (Å²) in [6.45, 7) is 0. The molecule has 0 saturated carbocycles. The van der Waals surface area contributed by atoms with Crippen molar-refractivity contribution < 1.29 is 18.9 Å². The molecule has 24 heavy (non-hydrogen) atoms. The van der Waals surface area contributed by atoms with E-state index in [0.29, 0.717) is 10.6 Å². The standard InChI is InChI=1S/C19H14FO3P/c20-16-12-7-13-17(18(16)19(21)22)24(23,14-8-3-1-4-9-14)15-10-5-2-6-11-15/h1-13H,(H,21,22). The van der Waals surface area contributed by atoms with Crippen molar-refractivity contribution in [1.29, 1.82) is 0 Å². The number of carboxylic acid groups (broad SMARTS) is 1. The average molecular weight is 340 g/mol. The van der Waals surface area contributed by atoms with E-state index in [4.69, 9.17) is 0 Å². The summed E-state index contributed by atoms with van der Waals surface area (Å²) in [4.78, 5) is 11.6. The van der Waals surface area contributed by atoms with E-state index in [2.05, 4.69) is 0 Å². The van der Waals surface area contributed by atoms with E-state index < -0.39 is 24.5 Å². The highest BCUT2D eigenvalue weighted by Crippen LogP contribution is 2.43. The van der Waals surface area contributed by atoms with E-state index in [9.17, 15) is 18.9 Å². The van der Waals surface area contributed by atoms with E-state index in [-0.39, 0.29) is 5.30 Å². The molecule has 1 N–H and O–H groups in total. The van der Waals surface area contributed by atoms with Crippen molar-refractivity contribution in [3.05, 3.63) is 90.2 Å². The van der Waals surface area contributed by atoms with Crippen molar-refractivity contribution in [2.75, 3.05) is 0 Å². The van der Waals surface area contributed by atoms with Crippen LogP contribution in [0, 0.1) is 5.82 Å². The maximum absolute atomic E-state index is 14.2. The Bertz CT molecular complexity index is 880. The maximum Gasteiger partial charge on any atom is 0.339 e. The van der Waals surface area contributed by atoms with E-state index in [1.807, 2.05) is 0 Å². The summed E-state index contributed by atoms with van der Waals surface area (Å²) in [5.41, 5.74) is -0.548. The molecule has 0 saturated heterocycles. The van der Waals surface area contributed by atoms with E-state index in [1.165, 1.54) is 12.1 Å². The van der Waals surface area contributed by atoms with E-state index in [1.54, 1.807) is 60.7 Å². The number of benzene rings is 3. The Kier molecular flexibility index (Phi) is 4.32. The molecule has 0 heterocycles. The average Bonchev–Trinajstić information content (AvgIpc) is 2.62. The third-order valence-corrected chi connectivity index (χ3v) is 6.89. The predicted octanol–water partition coefficient (Wildman–Crippen LogP) is 3.16. The van der Waals surface area contributed by atoms with Gasteiger partial charge in [-0.05, 0) is 12.1 Å². The highest BCUT2D eigenvalue weighted by molar-refractivity contribution is 7.85. The molecule has 0 spiro atoms. The Labute approximate surface area is 138 Å². The van der Waals surface area contributed by atoms with Crippen LogP contribution in [0.4, 0.5) is 4.39 Å². The summed E-state index contributed by atoms with van der Waals surface area (Å²) >= 11 is 0. The number of hydrogen-bond donors (Lipinski definition) is 1. The molecule has 0 aromatic heterocycles. The Morgan fingerprint density at radius 2 is 1.29 bits per heavy atom. The molecular weight excluding hydrogens is 326 g/mol. The van der Waals surface area contributed by atoms with Gasteiger partial charge in [0, 0.05) is 15.9 Å². The van der Waals surface area contributed by atoms with Gasteiger partial charge in [0.2, 0.25) is 0 Å². The van der Waals surface area contributed by atoms with Crippen LogP contribution in [0.3, 0.4) is 0 Å². The van der Waals surface area contributed by atoms with Crippen molar-refractivity contribution in [1.82, 2.24) is 0 Å². The molecule has 3 aromatic rings. The van der Waals surface area contributed by atoms with Gasteiger partial charge in [0.25, 0.3) is 0 Å². The highest BCUT2D eigenvalue weighted by Gasteiger charge is 2.34. The first-order valence-electron chi connectivity index (χ1n) is 7.29. The molecule has 0 aliphatic heterocycles. The number of carboxylic acids is 1. The minimum atomic E-state index is -3.52. The van der Waals surface area contributed by atoms with Gasteiger partial charge in [0.1, 0.15) is 11.4 Å². The fourth-order valence-electron chi connectivity index (χ4n) is 2.69. The largest absolute Gasteiger partial charge is 0.478 e. The molecule has 0 bridgehead atoms. The lowest BCUT2D eigenvalue weighted by atomic mass is 10.2. The minimum absolute atomic E-state index is 0.00704. The van der Waals surface area contributed by atoms with Crippen LogP contribution in [-0.2, 0) is 4.57 Å². The summed E-state index contributed by atoms with van der Waals surface area (Å²) in [7, 11) is -3.52. The van der Waals surface area contributed by atoms with Gasteiger partial charge in [0.15, 0.2) is 7.14 Å². The summed E-state index contributed by atoms with van der Waals surface area (Å²) in [6.07, 6.45) is 0. The van der Waals surface area contributed by atoms with E-state index >= 15 is 0 Å². The van der Waals surface area contributed by atoms with Crippen LogP contribution < -0.4 is 15.9 Å². The van der Waals surface area contributed by atoms with Crippen LogP contribution in [0.15, 0.2) is 78.9 Å². The summed E-state index contributed by atoms with van der Waals surface area (Å²) in [6, 6.07) is 21.0. The molecule has 3 aromatic carbocycles. The lowest BCUT2D eigenvalue weighted by Crippen LogP contribution is -2.29. The number of carbonyl (C=O) groups is 1. The molecule has 0 radical (unpaired) electrons. The molecule has 120 valence electrons. The third kappa shape index (κ3) is 2.66. The molecule has 3 rings (SSSR count). The van der Waals surface area contributed by atoms with Crippen LogP contribution in [0.2, 0.25) is 0 Å². The maximum atomic E-state index is 14.2. The molecule has 5 heteroatoms. The Balaban J connectivity index is 2.39. The molecule has 0 aliphatic carbocycles. The van der Waals surface area contributed by atoms with Gasteiger partial charge >= 0.3 is 5.97 Å². The number of halogens is 1. The molecule has 0 amide bonds. The predicted molar refractivity (Wildman–Crippen MR) is 92.8 cm³/mol. The smallest absolute Gasteiger partial charge is 0.339 e. The zero-order valence-electron chi connectivity index (χ0n) is 12.6. The second-order valence-corrected chi connectivity index (χ2v) is 7.95. The lowest BCUT2D eigenvalue weighted by molar-refractivity contribution is 0.0693. The Morgan fingerprint density at radius 1 is 0.792 bits per heavy atom. The zero-order chi connectivity index (χ0) is 17.2. The van der Waals surface area contributed by atoms with Crippen LogP contribution >= 0.6 is 7.14 Å². The Hall–Kier alpha value is -2.71. The molecule has 0 fully saturated rings. The first kappa shape index (κ1) is 16.2. The van der Waals surface area contributed by atoms with Gasteiger partial charge < -0.3 is 9.67 Å². The molecule has 0 unspecified atom stereocenters. The minimum Gasteiger partial charge on any atom is -0.478 e. The van der Waals surface area contributed by atoms with Gasteiger partial charge in [-0.15, -0.1) is 0 Å². The number of hydrogen-bond acceptors (Lipinski definition) is 2. The monoisotopic (exact) mass is 340 g/mol. The third-order valence-electron chi connectivity index (χ3n) is 3.78. The van der Waals surface area contributed by atoms with Crippen molar-refractivity contribution in [3.63, 3.8) is 0 Å². The fraction of sp³-hybridized carbons (Fsp3) is 0. The highest BCUT2D eigenvalue weighted by atomic mass is 31.2. The molecular formula is C19H14FO3P. The second-order valence-electron chi connectivity index (χ2n) is 5.22. The van der Waals surface area contributed by atoms with Crippen molar-refractivity contribution in [2.45, 2.75) is 0 Å². The summed E-state index contributed by atoms with van der Waals surface area (Å²) < 4.78 is 28.2. The van der Waals surface area contributed by atoms with E-state index in [0.717, 1.165) is 6.07 Å².